The lowest BCUT2D eigenvalue weighted by molar-refractivity contribution is 0.578. The molecular weight excluding hydrogens is 707 g/mol. The SMILES string of the molecule is C=C(C#N)N=C1N=C(c2ccc(N3CCCCC3)cc2Nc2ncccc2C)C=C(/C=C(\N)c2ccc(N3CCCCC3)cc2Nc2ncccc2C)C1C(=C)N. The van der Waals surface area contributed by atoms with Gasteiger partial charge in [-0.15, -0.1) is 0 Å². The molecule has 57 heavy (non-hydrogen) atoms. The van der Waals surface area contributed by atoms with Gasteiger partial charge in [0.05, 0.1) is 23.0 Å². The van der Waals surface area contributed by atoms with Crippen LogP contribution in [0.2, 0.25) is 0 Å². The summed E-state index contributed by atoms with van der Waals surface area (Å²) in [4.78, 5) is 23.8. The average molecular weight is 758 g/mol. The number of anilines is 6. The number of allylic oxidation sites excluding steroid dienone is 3. The summed E-state index contributed by atoms with van der Waals surface area (Å²) in [6.07, 6.45) is 14.6. The third-order valence-electron chi connectivity index (χ3n) is 10.8. The minimum Gasteiger partial charge on any atom is -0.402 e. The van der Waals surface area contributed by atoms with Crippen molar-refractivity contribution in [3.05, 3.63) is 138 Å². The van der Waals surface area contributed by atoms with Crippen molar-refractivity contribution in [1.29, 1.82) is 5.26 Å². The average Bonchev–Trinajstić information content (AvgIpc) is 3.22. The number of piperidine rings is 2. The third kappa shape index (κ3) is 8.92. The number of hydrogen-bond donors (Lipinski definition) is 4. The fourth-order valence-electron chi connectivity index (χ4n) is 7.70. The molecule has 1 atom stereocenters. The Kier molecular flexibility index (Phi) is 11.8. The van der Waals surface area contributed by atoms with E-state index in [9.17, 15) is 5.26 Å². The van der Waals surface area contributed by atoms with E-state index >= 15 is 0 Å². The number of benzene rings is 2. The highest BCUT2D eigenvalue weighted by molar-refractivity contribution is 6.20. The summed E-state index contributed by atoms with van der Waals surface area (Å²) in [6, 6.07) is 22.7. The molecule has 0 amide bonds. The molecule has 290 valence electrons. The van der Waals surface area contributed by atoms with Crippen LogP contribution in [0.5, 0.6) is 0 Å². The first-order chi connectivity index (χ1) is 27.7. The van der Waals surface area contributed by atoms with Gasteiger partial charge in [0.1, 0.15) is 29.2 Å². The van der Waals surface area contributed by atoms with Gasteiger partial charge >= 0.3 is 0 Å². The predicted octanol–water partition coefficient (Wildman–Crippen LogP) is 8.81. The van der Waals surface area contributed by atoms with E-state index in [-0.39, 0.29) is 5.70 Å². The molecule has 2 fully saturated rings. The number of pyridine rings is 2. The lowest BCUT2D eigenvalue weighted by Crippen LogP contribution is -2.29. The minimum absolute atomic E-state index is 0.00553. The number of nitriles is 1. The Bertz CT molecular complexity index is 2330. The molecular formula is C46H51N11. The number of nitrogens with two attached hydrogens (primary N) is 2. The molecule has 6 N–H and O–H groups in total. The zero-order valence-corrected chi connectivity index (χ0v) is 32.9. The molecule has 7 rings (SSSR count). The summed E-state index contributed by atoms with van der Waals surface area (Å²) in [5.41, 5.74) is 23.4. The summed E-state index contributed by atoms with van der Waals surface area (Å²) in [7, 11) is 0. The fraction of sp³-hybridized carbons (Fsp3) is 0.283. The second kappa shape index (κ2) is 17.4. The standard InChI is InChI=1S/C46H51N11/c1-30-13-11-19-50-44(30)53-41-27-35(56-21-7-5-8-22-56)15-17-37(41)39(49)25-34-26-40(55-46(43(34)33(4)48)52-32(3)29-47)38-18-16-36(57-23-9-6-10-24-57)28-42(38)54-45-31(2)14-12-20-51-45/h11-20,25-28,43H,3-10,21-24,48-49H2,1-2H3,(H,50,53)(H,51,54)/b39-25-,52-46?. The molecule has 5 heterocycles. The maximum atomic E-state index is 9.77. The van der Waals surface area contributed by atoms with Crippen LogP contribution in [-0.4, -0.2) is 47.7 Å². The van der Waals surface area contributed by atoms with Crippen molar-refractivity contribution in [2.24, 2.45) is 27.4 Å². The number of dihydropyridines is 1. The molecule has 0 bridgehead atoms. The molecule has 2 saturated heterocycles. The highest BCUT2D eigenvalue weighted by Gasteiger charge is 2.29. The van der Waals surface area contributed by atoms with E-state index in [0.29, 0.717) is 22.9 Å². The Labute approximate surface area is 336 Å². The van der Waals surface area contributed by atoms with Gasteiger partial charge in [0.2, 0.25) is 0 Å². The number of hydrogen-bond acceptors (Lipinski definition) is 10. The Morgan fingerprint density at radius 2 is 1.37 bits per heavy atom. The first kappa shape index (κ1) is 38.6. The summed E-state index contributed by atoms with van der Waals surface area (Å²) < 4.78 is 0. The first-order valence-electron chi connectivity index (χ1n) is 19.7. The fourth-order valence-corrected chi connectivity index (χ4v) is 7.70. The van der Waals surface area contributed by atoms with Crippen LogP contribution >= 0.6 is 0 Å². The number of aryl methyl sites for hydroxylation is 2. The zero-order valence-electron chi connectivity index (χ0n) is 32.9. The Morgan fingerprint density at radius 1 is 0.807 bits per heavy atom. The van der Waals surface area contributed by atoms with E-state index < -0.39 is 5.92 Å². The van der Waals surface area contributed by atoms with Gasteiger partial charge in [0.15, 0.2) is 0 Å². The summed E-state index contributed by atoms with van der Waals surface area (Å²) >= 11 is 0. The number of rotatable bonds is 11. The van der Waals surface area contributed by atoms with Crippen LogP contribution in [-0.2, 0) is 0 Å². The maximum absolute atomic E-state index is 9.77. The van der Waals surface area contributed by atoms with Crippen molar-refractivity contribution >= 4 is 51.6 Å². The molecule has 0 aliphatic carbocycles. The number of nitrogens with one attached hydrogen (secondary N) is 2. The molecule has 0 saturated carbocycles. The van der Waals surface area contributed by atoms with Crippen molar-refractivity contribution in [1.82, 2.24) is 9.97 Å². The molecule has 3 aliphatic heterocycles. The number of amidine groups is 1. The quantitative estimate of drug-likeness (QED) is 0.110. The first-order valence-corrected chi connectivity index (χ1v) is 19.7. The van der Waals surface area contributed by atoms with Gasteiger partial charge in [0, 0.05) is 72.5 Å². The van der Waals surface area contributed by atoms with Gasteiger partial charge in [-0.1, -0.05) is 25.3 Å². The van der Waals surface area contributed by atoms with Crippen LogP contribution < -0.4 is 31.9 Å². The monoisotopic (exact) mass is 757 g/mol. The van der Waals surface area contributed by atoms with E-state index in [0.717, 1.165) is 114 Å². The van der Waals surface area contributed by atoms with Crippen LogP contribution in [0.15, 0.2) is 125 Å². The third-order valence-corrected chi connectivity index (χ3v) is 10.8. The second-order valence-corrected chi connectivity index (χ2v) is 14.9. The van der Waals surface area contributed by atoms with E-state index in [1.54, 1.807) is 12.4 Å². The smallest absolute Gasteiger partial charge is 0.143 e. The molecule has 2 aromatic heterocycles. The van der Waals surface area contributed by atoms with Crippen LogP contribution in [0, 0.1) is 31.1 Å². The molecule has 1 unspecified atom stereocenters. The van der Waals surface area contributed by atoms with E-state index in [1.807, 2.05) is 56.3 Å². The molecule has 0 radical (unpaired) electrons. The molecule has 0 spiro atoms. The van der Waals surface area contributed by atoms with Crippen molar-refractivity contribution in [3.8, 4) is 6.07 Å². The topological polar surface area (TPSA) is 157 Å². The molecule has 3 aliphatic rings. The minimum atomic E-state index is -0.665. The number of aliphatic imine (C=N–C) groups is 2. The van der Waals surface area contributed by atoms with Crippen LogP contribution in [0.25, 0.3) is 5.70 Å². The van der Waals surface area contributed by atoms with Crippen molar-refractivity contribution < 1.29 is 0 Å². The van der Waals surface area contributed by atoms with E-state index in [2.05, 4.69) is 84.9 Å². The maximum Gasteiger partial charge on any atom is 0.143 e. The van der Waals surface area contributed by atoms with Gasteiger partial charge in [-0.3, -0.25) is 0 Å². The largest absolute Gasteiger partial charge is 0.402 e. The lowest BCUT2D eigenvalue weighted by Gasteiger charge is -2.30. The highest BCUT2D eigenvalue weighted by Crippen LogP contribution is 2.36. The normalized spacial score (nSPS) is 18.0. The van der Waals surface area contributed by atoms with Crippen molar-refractivity contribution in [2.75, 3.05) is 46.6 Å². The highest BCUT2D eigenvalue weighted by atomic mass is 15.1. The van der Waals surface area contributed by atoms with E-state index in [4.69, 9.17) is 16.5 Å². The Hall–Kier alpha value is -6.67. The van der Waals surface area contributed by atoms with E-state index in [1.165, 1.54) is 12.8 Å². The second-order valence-electron chi connectivity index (χ2n) is 14.9. The van der Waals surface area contributed by atoms with Crippen LogP contribution in [0.1, 0.15) is 60.8 Å². The van der Waals surface area contributed by atoms with Gasteiger partial charge in [-0.05, 0) is 130 Å². The lowest BCUT2D eigenvalue weighted by atomic mass is 9.88. The van der Waals surface area contributed by atoms with Crippen molar-refractivity contribution in [2.45, 2.75) is 52.4 Å². The molecule has 11 nitrogen and oxygen atoms in total. The van der Waals surface area contributed by atoms with Crippen LogP contribution in [0.3, 0.4) is 0 Å². The zero-order chi connectivity index (χ0) is 39.9. The molecule has 2 aromatic carbocycles. The summed E-state index contributed by atoms with van der Waals surface area (Å²) in [5, 5.41) is 17.0. The van der Waals surface area contributed by atoms with Gasteiger partial charge in [-0.25, -0.2) is 20.0 Å². The molecule has 11 heteroatoms. The van der Waals surface area contributed by atoms with Gasteiger partial charge < -0.3 is 31.9 Å². The van der Waals surface area contributed by atoms with Gasteiger partial charge in [0.25, 0.3) is 0 Å². The van der Waals surface area contributed by atoms with Gasteiger partial charge in [-0.2, -0.15) is 5.26 Å². The van der Waals surface area contributed by atoms with Crippen LogP contribution in [0.4, 0.5) is 34.4 Å². The molecule has 4 aromatic rings. The summed E-state index contributed by atoms with van der Waals surface area (Å²) in [6.45, 7) is 16.1. The Balaban J connectivity index is 1.36. The summed E-state index contributed by atoms with van der Waals surface area (Å²) in [5.74, 6) is 1.13. The van der Waals surface area contributed by atoms with Crippen molar-refractivity contribution in [3.63, 3.8) is 0 Å². The predicted molar refractivity (Wildman–Crippen MR) is 235 cm³/mol. The Morgan fingerprint density at radius 3 is 1.93 bits per heavy atom. The number of aromatic nitrogens is 2. The number of nitrogens with zero attached hydrogens (tertiary/aromatic N) is 7.